The molecule has 7 nitrogen and oxygen atoms in total. The number of hydrogen-bond acceptors (Lipinski definition) is 4. The van der Waals surface area contributed by atoms with Gasteiger partial charge in [0.1, 0.15) is 12.6 Å². The summed E-state index contributed by atoms with van der Waals surface area (Å²) in [6.45, 7) is 4.13. The van der Waals surface area contributed by atoms with Gasteiger partial charge < -0.3 is 20.5 Å². The topological polar surface area (TPSA) is 105 Å². The summed E-state index contributed by atoms with van der Waals surface area (Å²) >= 11 is 0. The molecule has 176 valence electrons. The standard InChI is InChI=1S/C26H32N2O5/c1-3-9-23(24(29)27-15-8-10-17(2)25(30)31)28-26(32)33-16-22-20-13-6-4-11-18(20)19-12-5-7-14-21(19)22/h4-7,11-14,17,22-23H,3,8-10,15-16H2,1-2H3,(H,27,29)(H,28,32)(H,30,31)/t17?,23-/m1/s1. The van der Waals surface area contributed by atoms with E-state index >= 15 is 0 Å². The number of carbonyl (C=O) groups is 3. The second-order valence-electron chi connectivity index (χ2n) is 8.48. The van der Waals surface area contributed by atoms with E-state index in [-0.39, 0.29) is 18.4 Å². The first-order valence-corrected chi connectivity index (χ1v) is 11.5. The highest BCUT2D eigenvalue weighted by atomic mass is 16.5. The fourth-order valence-corrected chi connectivity index (χ4v) is 4.21. The molecule has 0 radical (unpaired) electrons. The Labute approximate surface area is 194 Å². The smallest absolute Gasteiger partial charge is 0.407 e. The molecule has 3 rings (SSSR count). The molecule has 2 aromatic rings. The van der Waals surface area contributed by atoms with Gasteiger partial charge in [0.15, 0.2) is 0 Å². The number of nitrogens with one attached hydrogen (secondary N) is 2. The van der Waals surface area contributed by atoms with Gasteiger partial charge in [-0.3, -0.25) is 9.59 Å². The van der Waals surface area contributed by atoms with Crippen LogP contribution in [0.25, 0.3) is 11.1 Å². The average molecular weight is 453 g/mol. The monoisotopic (exact) mass is 452 g/mol. The fraction of sp³-hybridized carbons (Fsp3) is 0.423. The Morgan fingerprint density at radius 1 is 1.00 bits per heavy atom. The van der Waals surface area contributed by atoms with Gasteiger partial charge in [-0.1, -0.05) is 68.8 Å². The zero-order valence-corrected chi connectivity index (χ0v) is 19.2. The van der Waals surface area contributed by atoms with E-state index in [2.05, 4.69) is 34.9 Å². The minimum absolute atomic E-state index is 0.0437. The third-order valence-corrected chi connectivity index (χ3v) is 6.06. The van der Waals surface area contributed by atoms with E-state index in [1.807, 2.05) is 31.2 Å². The van der Waals surface area contributed by atoms with E-state index in [1.54, 1.807) is 6.92 Å². The number of carboxylic acid groups (broad SMARTS) is 1. The average Bonchev–Trinajstić information content (AvgIpc) is 3.13. The first-order valence-electron chi connectivity index (χ1n) is 11.5. The quantitative estimate of drug-likeness (QED) is 0.441. The van der Waals surface area contributed by atoms with Gasteiger partial charge >= 0.3 is 12.1 Å². The molecule has 2 aromatic carbocycles. The zero-order chi connectivity index (χ0) is 23.8. The van der Waals surface area contributed by atoms with Crippen LogP contribution in [0.3, 0.4) is 0 Å². The largest absolute Gasteiger partial charge is 0.481 e. The lowest BCUT2D eigenvalue weighted by atomic mass is 9.98. The maximum atomic E-state index is 12.5. The van der Waals surface area contributed by atoms with Crippen LogP contribution in [0.4, 0.5) is 4.79 Å². The van der Waals surface area contributed by atoms with Crippen LogP contribution in [0.5, 0.6) is 0 Å². The Bertz CT molecular complexity index is 945. The highest BCUT2D eigenvalue weighted by molar-refractivity contribution is 5.85. The number of alkyl carbamates (subject to hydrolysis) is 1. The number of rotatable bonds is 11. The van der Waals surface area contributed by atoms with Crippen molar-refractivity contribution >= 4 is 18.0 Å². The number of carbonyl (C=O) groups excluding carboxylic acids is 2. The van der Waals surface area contributed by atoms with E-state index in [0.29, 0.717) is 25.8 Å². The fourth-order valence-electron chi connectivity index (χ4n) is 4.21. The lowest BCUT2D eigenvalue weighted by Gasteiger charge is -2.19. The van der Waals surface area contributed by atoms with E-state index in [4.69, 9.17) is 9.84 Å². The Kier molecular flexibility index (Phi) is 8.46. The van der Waals surface area contributed by atoms with Crippen molar-refractivity contribution in [1.82, 2.24) is 10.6 Å². The summed E-state index contributed by atoms with van der Waals surface area (Å²) in [4.78, 5) is 36.0. The van der Waals surface area contributed by atoms with Crippen LogP contribution in [-0.2, 0) is 14.3 Å². The minimum Gasteiger partial charge on any atom is -0.481 e. The lowest BCUT2D eigenvalue weighted by Crippen LogP contribution is -2.47. The second-order valence-corrected chi connectivity index (χ2v) is 8.48. The third kappa shape index (κ3) is 6.12. The van der Waals surface area contributed by atoms with Crippen LogP contribution in [0, 0.1) is 5.92 Å². The number of amides is 2. The molecule has 0 heterocycles. The molecule has 2 amide bonds. The van der Waals surface area contributed by atoms with Gasteiger partial charge in [-0.15, -0.1) is 0 Å². The molecular formula is C26H32N2O5. The molecule has 0 spiro atoms. The van der Waals surface area contributed by atoms with Crippen molar-refractivity contribution in [2.24, 2.45) is 5.92 Å². The molecule has 1 unspecified atom stereocenters. The molecule has 3 N–H and O–H groups in total. The van der Waals surface area contributed by atoms with Crippen molar-refractivity contribution in [3.8, 4) is 11.1 Å². The Morgan fingerprint density at radius 2 is 1.61 bits per heavy atom. The van der Waals surface area contributed by atoms with Crippen molar-refractivity contribution in [2.45, 2.75) is 51.5 Å². The number of fused-ring (bicyclic) bond motifs is 3. The highest BCUT2D eigenvalue weighted by Crippen LogP contribution is 2.44. The molecule has 1 aliphatic rings. The van der Waals surface area contributed by atoms with Crippen LogP contribution in [-0.4, -0.2) is 42.3 Å². The van der Waals surface area contributed by atoms with E-state index in [0.717, 1.165) is 28.7 Å². The predicted octanol–water partition coefficient (Wildman–Crippen LogP) is 4.31. The number of hydrogen-bond donors (Lipinski definition) is 3. The van der Waals surface area contributed by atoms with Gasteiger partial charge in [-0.25, -0.2) is 4.79 Å². The maximum absolute atomic E-state index is 12.5. The van der Waals surface area contributed by atoms with Gasteiger partial charge in [0.05, 0.1) is 5.92 Å². The number of aliphatic carboxylic acids is 1. The van der Waals surface area contributed by atoms with Gasteiger partial charge in [-0.2, -0.15) is 0 Å². The molecule has 7 heteroatoms. The van der Waals surface area contributed by atoms with Crippen LogP contribution in [0.1, 0.15) is 56.6 Å². The van der Waals surface area contributed by atoms with Gasteiger partial charge in [0.25, 0.3) is 0 Å². The maximum Gasteiger partial charge on any atom is 0.407 e. The van der Waals surface area contributed by atoms with Crippen LogP contribution < -0.4 is 10.6 Å². The van der Waals surface area contributed by atoms with Crippen LogP contribution in [0.2, 0.25) is 0 Å². The summed E-state index contributed by atoms with van der Waals surface area (Å²) in [6, 6.07) is 15.5. The normalized spacial score (nSPS) is 14.0. The van der Waals surface area contributed by atoms with Gasteiger partial charge in [-0.05, 0) is 41.5 Å². The van der Waals surface area contributed by atoms with Gasteiger partial charge in [0, 0.05) is 12.5 Å². The third-order valence-electron chi connectivity index (χ3n) is 6.06. The summed E-state index contributed by atoms with van der Waals surface area (Å²) in [5.41, 5.74) is 4.57. The molecule has 0 saturated heterocycles. The molecular weight excluding hydrogens is 420 g/mol. The molecule has 0 aromatic heterocycles. The lowest BCUT2D eigenvalue weighted by molar-refractivity contribution is -0.141. The molecule has 0 aliphatic heterocycles. The first-order chi connectivity index (χ1) is 15.9. The number of benzene rings is 2. The number of carboxylic acids is 1. The summed E-state index contributed by atoms with van der Waals surface area (Å²) < 4.78 is 5.55. The first kappa shape index (κ1) is 24.3. The van der Waals surface area contributed by atoms with Crippen molar-refractivity contribution in [3.05, 3.63) is 59.7 Å². The molecule has 0 fully saturated rings. The van der Waals surface area contributed by atoms with E-state index in [9.17, 15) is 14.4 Å². The predicted molar refractivity (Wildman–Crippen MR) is 126 cm³/mol. The highest BCUT2D eigenvalue weighted by Gasteiger charge is 2.29. The summed E-state index contributed by atoms with van der Waals surface area (Å²) in [5, 5.41) is 14.4. The molecule has 0 saturated carbocycles. The summed E-state index contributed by atoms with van der Waals surface area (Å²) in [5.74, 6) is -1.62. The van der Waals surface area contributed by atoms with Crippen molar-refractivity contribution in [2.75, 3.05) is 13.2 Å². The Morgan fingerprint density at radius 3 is 2.18 bits per heavy atom. The zero-order valence-electron chi connectivity index (χ0n) is 19.2. The van der Waals surface area contributed by atoms with Crippen molar-refractivity contribution in [3.63, 3.8) is 0 Å². The minimum atomic E-state index is -0.845. The molecule has 0 bridgehead atoms. The van der Waals surface area contributed by atoms with E-state index in [1.165, 1.54) is 0 Å². The Balaban J connectivity index is 1.53. The SMILES string of the molecule is CCC[C@@H](NC(=O)OCC1c2ccccc2-c2ccccc21)C(=O)NCCCC(C)C(=O)O. The van der Waals surface area contributed by atoms with Crippen LogP contribution in [0.15, 0.2) is 48.5 Å². The van der Waals surface area contributed by atoms with Gasteiger partial charge in [0.2, 0.25) is 5.91 Å². The van der Waals surface area contributed by atoms with Crippen molar-refractivity contribution < 1.29 is 24.2 Å². The molecule has 2 atom stereocenters. The van der Waals surface area contributed by atoms with Crippen LogP contribution >= 0.6 is 0 Å². The second kappa shape index (κ2) is 11.5. The van der Waals surface area contributed by atoms with Crippen molar-refractivity contribution in [1.29, 1.82) is 0 Å². The molecule has 33 heavy (non-hydrogen) atoms. The summed E-state index contributed by atoms with van der Waals surface area (Å²) in [6.07, 6.45) is 1.63. The summed E-state index contributed by atoms with van der Waals surface area (Å²) in [7, 11) is 0. The Hall–Kier alpha value is -3.35. The molecule has 1 aliphatic carbocycles. The number of ether oxygens (including phenoxy) is 1. The van der Waals surface area contributed by atoms with E-state index < -0.39 is 24.0 Å².